The fourth-order valence-corrected chi connectivity index (χ4v) is 2.84. The molecule has 0 aliphatic carbocycles. The number of aromatic amines is 2. The van der Waals surface area contributed by atoms with Crippen LogP contribution in [0.25, 0.3) is 11.3 Å². The van der Waals surface area contributed by atoms with Crippen LogP contribution < -0.4 is 4.74 Å². The Hall–Kier alpha value is -3.59. The molecule has 0 radical (unpaired) electrons. The van der Waals surface area contributed by atoms with Gasteiger partial charge in [-0.3, -0.25) is 5.10 Å². The largest absolute Gasteiger partial charge is 0.457 e. The number of benzene rings is 2. The third-order valence-electron chi connectivity index (χ3n) is 4.22. The number of aryl methyl sites for hydroxylation is 1. The van der Waals surface area contributed by atoms with Crippen LogP contribution in [0.4, 0.5) is 4.39 Å². The number of rotatable bonds is 6. The number of aromatic nitrogens is 5. The Morgan fingerprint density at radius 2 is 1.90 bits per heavy atom. The van der Waals surface area contributed by atoms with Crippen molar-refractivity contribution in [3.8, 4) is 17.3 Å². The Labute approximate surface area is 170 Å². The van der Waals surface area contributed by atoms with E-state index in [-0.39, 0.29) is 11.8 Å². The summed E-state index contributed by atoms with van der Waals surface area (Å²) in [5.74, 6) is -0.302. The normalized spacial score (nSPS) is 11.2. The van der Waals surface area contributed by atoms with Crippen molar-refractivity contribution in [2.45, 2.75) is 13.5 Å². The molecule has 0 amide bonds. The molecule has 0 bridgehead atoms. The number of hydrogen-bond acceptors (Lipinski definition) is 5. The number of nitrogens with zero attached hydrogens (tertiary/aromatic N) is 4. The van der Waals surface area contributed by atoms with Crippen LogP contribution in [0.1, 0.15) is 16.7 Å². The van der Waals surface area contributed by atoms with Crippen molar-refractivity contribution in [3.63, 3.8) is 0 Å². The number of hydrogen-bond donors (Lipinski definition) is 2. The van der Waals surface area contributed by atoms with Gasteiger partial charge < -0.3 is 4.74 Å². The molecule has 0 saturated heterocycles. The highest BCUT2D eigenvalue weighted by Crippen LogP contribution is 2.20. The lowest BCUT2D eigenvalue weighted by Gasteiger charge is -2.05. The minimum Gasteiger partial charge on any atom is -0.457 e. The van der Waals surface area contributed by atoms with Gasteiger partial charge in [0.05, 0.1) is 18.1 Å². The molecule has 0 aliphatic heterocycles. The highest BCUT2D eigenvalue weighted by Gasteiger charge is 2.09. The average Bonchev–Trinajstić information content (AvgIpc) is 3.33. The summed E-state index contributed by atoms with van der Waals surface area (Å²) in [5, 5.41) is 18.1. The van der Waals surface area contributed by atoms with Crippen molar-refractivity contribution in [3.05, 3.63) is 82.0 Å². The summed E-state index contributed by atoms with van der Waals surface area (Å²) in [5.41, 5.74) is 4.40. The van der Waals surface area contributed by atoms with Gasteiger partial charge in [-0.15, -0.1) is 5.10 Å². The second kappa shape index (κ2) is 8.19. The topological polar surface area (TPSA) is 83.9 Å². The highest BCUT2D eigenvalue weighted by molar-refractivity contribution is 7.71. The molecular weight excluding hydrogens is 391 g/mol. The van der Waals surface area contributed by atoms with Crippen LogP contribution in [0.5, 0.6) is 6.01 Å². The molecule has 2 heterocycles. The third kappa shape index (κ3) is 4.30. The van der Waals surface area contributed by atoms with Gasteiger partial charge in [0.2, 0.25) is 4.77 Å². The number of ether oxygens (including phenoxy) is 1. The molecule has 29 heavy (non-hydrogen) atoms. The van der Waals surface area contributed by atoms with Crippen LogP contribution in [-0.2, 0) is 6.61 Å². The van der Waals surface area contributed by atoms with Crippen molar-refractivity contribution < 1.29 is 9.13 Å². The second-order valence-electron chi connectivity index (χ2n) is 6.35. The van der Waals surface area contributed by atoms with Crippen molar-refractivity contribution in [1.29, 1.82) is 0 Å². The van der Waals surface area contributed by atoms with E-state index >= 15 is 0 Å². The molecule has 0 unspecified atom stereocenters. The molecule has 0 saturated carbocycles. The van der Waals surface area contributed by atoms with Gasteiger partial charge in [0.15, 0.2) is 0 Å². The van der Waals surface area contributed by atoms with Crippen molar-refractivity contribution in [2.24, 2.45) is 5.10 Å². The van der Waals surface area contributed by atoms with Crippen LogP contribution in [0.2, 0.25) is 0 Å². The zero-order valence-electron chi connectivity index (χ0n) is 15.5. The fraction of sp³-hybridized carbons (Fsp3) is 0.100. The maximum absolute atomic E-state index is 13.2. The van der Waals surface area contributed by atoms with Gasteiger partial charge in [0, 0.05) is 11.1 Å². The Morgan fingerprint density at radius 1 is 1.14 bits per heavy atom. The summed E-state index contributed by atoms with van der Waals surface area (Å²) in [4.78, 5) is 0. The standard InChI is InChI=1S/C20H17FN6OS/c1-13-2-4-14(5-3-13)12-28-19-25-26-20(29)27(19)23-11-16-10-22-24-18(16)15-6-8-17(21)9-7-15/h2-11H,12H2,1H3,(H,22,24)(H,26,29)/b23-11+. The van der Waals surface area contributed by atoms with E-state index in [2.05, 4.69) is 25.5 Å². The van der Waals surface area contributed by atoms with Crippen molar-refractivity contribution in [2.75, 3.05) is 0 Å². The van der Waals surface area contributed by atoms with Crippen LogP contribution >= 0.6 is 12.2 Å². The summed E-state index contributed by atoms with van der Waals surface area (Å²) < 4.78 is 20.6. The maximum atomic E-state index is 13.2. The number of nitrogens with one attached hydrogen (secondary N) is 2. The van der Waals surface area contributed by atoms with E-state index in [0.29, 0.717) is 22.6 Å². The Kier molecular flexibility index (Phi) is 5.30. The van der Waals surface area contributed by atoms with E-state index < -0.39 is 0 Å². The predicted molar refractivity (Wildman–Crippen MR) is 110 cm³/mol. The quantitative estimate of drug-likeness (QED) is 0.369. The third-order valence-corrected chi connectivity index (χ3v) is 4.49. The molecule has 0 atom stereocenters. The zero-order valence-corrected chi connectivity index (χ0v) is 16.3. The zero-order chi connectivity index (χ0) is 20.2. The molecular formula is C20H17FN6OS. The molecule has 9 heteroatoms. The molecule has 146 valence electrons. The highest BCUT2D eigenvalue weighted by atomic mass is 32.1. The minimum absolute atomic E-state index is 0.249. The van der Waals surface area contributed by atoms with Crippen LogP contribution in [0.3, 0.4) is 0 Å². The number of halogens is 1. The first-order chi connectivity index (χ1) is 14.1. The smallest absolute Gasteiger partial charge is 0.337 e. The lowest BCUT2D eigenvalue weighted by molar-refractivity contribution is 0.269. The summed E-state index contributed by atoms with van der Waals surface area (Å²) in [7, 11) is 0. The van der Waals surface area contributed by atoms with Crippen molar-refractivity contribution >= 4 is 18.4 Å². The molecule has 4 aromatic rings. The first-order valence-corrected chi connectivity index (χ1v) is 9.20. The van der Waals surface area contributed by atoms with Gasteiger partial charge in [0.1, 0.15) is 12.4 Å². The molecule has 0 aliphatic rings. The second-order valence-corrected chi connectivity index (χ2v) is 6.74. The van der Waals surface area contributed by atoms with Gasteiger partial charge in [0.25, 0.3) is 0 Å². The Bertz CT molecular complexity index is 1190. The lowest BCUT2D eigenvalue weighted by atomic mass is 10.1. The lowest BCUT2D eigenvalue weighted by Crippen LogP contribution is -2.01. The Balaban J connectivity index is 1.55. The first-order valence-electron chi connectivity index (χ1n) is 8.79. The van der Waals surface area contributed by atoms with Crippen LogP contribution in [0, 0.1) is 17.5 Å². The first kappa shape index (κ1) is 18.8. The van der Waals surface area contributed by atoms with Gasteiger partial charge in [-0.05, 0) is 49.0 Å². The molecule has 0 spiro atoms. The van der Waals surface area contributed by atoms with Crippen LogP contribution in [-0.4, -0.2) is 31.3 Å². The van der Waals surface area contributed by atoms with E-state index in [1.807, 2.05) is 31.2 Å². The predicted octanol–water partition coefficient (Wildman–Crippen LogP) is 4.24. The van der Waals surface area contributed by atoms with Gasteiger partial charge in [-0.2, -0.15) is 14.9 Å². The Morgan fingerprint density at radius 3 is 2.66 bits per heavy atom. The van der Waals surface area contributed by atoms with Crippen molar-refractivity contribution in [1.82, 2.24) is 25.1 Å². The van der Waals surface area contributed by atoms with E-state index in [1.54, 1.807) is 24.5 Å². The number of H-pyrrole nitrogens is 2. The van der Waals surface area contributed by atoms with Crippen LogP contribution in [0.15, 0.2) is 59.8 Å². The molecule has 2 aromatic carbocycles. The SMILES string of the molecule is Cc1ccc(COc2n[nH]c(=S)n2/N=C/c2cn[nH]c2-c2ccc(F)cc2)cc1. The van der Waals surface area contributed by atoms with Gasteiger partial charge in [-0.1, -0.05) is 29.8 Å². The molecule has 4 rings (SSSR count). The minimum atomic E-state index is -0.302. The molecule has 7 nitrogen and oxygen atoms in total. The monoisotopic (exact) mass is 408 g/mol. The van der Waals surface area contributed by atoms with E-state index in [0.717, 1.165) is 11.1 Å². The average molecular weight is 408 g/mol. The van der Waals surface area contributed by atoms with E-state index in [9.17, 15) is 4.39 Å². The maximum Gasteiger partial charge on any atom is 0.337 e. The van der Waals surface area contributed by atoms with Gasteiger partial charge >= 0.3 is 6.01 Å². The summed E-state index contributed by atoms with van der Waals surface area (Å²) in [6.07, 6.45) is 3.21. The summed E-state index contributed by atoms with van der Waals surface area (Å²) in [6.45, 7) is 2.36. The molecule has 2 aromatic heterocycles. The molecule has 0 fully saturated rings. The summed E-state index contributed by atoms with van der Waals surface area (Å²) >= 11 is 5.24. The molecule has 2 N–H and O–H groups in total. The van der Waals surface area contributed by atoms with E-state index in [1.165, 1.54) is 22.4 Å². The van der Waals surface area contributed by atoms with Gasteiger partial charge in [-0.25, -0.2) is 9.49 Å². The summed E-state index contributed by atoms with van der Waals surface area (Å²) in [6, 6.07) is 14.4. The fourth-order valence-electron chi connectivity index (χ4n) is 2.67. The van der Waals surface area contributed by atoms with E-state index in [4.69, 9.17) is 17.0 Å².